The van der Waals surface area contributed by atoms with Gasteiger partial charge in [0.2, 0.25) is 0 Å². The van der Waals surface area contributed by atoms with E-state index in [0.29, 0.717) is 11.4 Å². The van der Waals surface area contributed by atoms with Crippen molar-refractivity contribution in [2.24, 2.45) is 0 Å². The van der Waals surface area contributed by atoms with Gasteiger partial charge in [-0.3, -0.25) is 0 Å². The lowest BCUT2D eigenvalue weighted by Gasteiger charge is -2.07. The van der Waals surface area contributed by atoms with E-state index in [0.717, 1.165) is 11.1 Å². The van der Waals surface area contributed by atoms with Gasteiger partial charge < -0.3 is 15.6 Å². The van der Waals surface area contributed by atoms with Crippen LogP contribution in [0.2, 0.25) is 0 Å². The van der Waals surface area contributed by atoms with Crippen LogP contribution in [0.5, 0.6) is 11.5 Å². The Hall–Kier alpha value is -2.16. The highest BCUT2D eigenvalue weighted by Gasteiger charge is 2.05. The van der Waals surface area contributed by atoms with Gasteiger partial charge in [-0.05, 0) is 29.8 Å². The Kier molecular flexibility index (Phi) is 2.68. The second-order valence-corrected chi connectivity index (χ2v) is 3.51. The summed E-state index contributed by atoms with van der Waals surface area (Å²) in [5.41, 5.74) is 8.00. The number of aromatic hydroxyl groups is 1. The molecule has 0 atom stereocenters. The van der Waals surface area contributed by atoms with Crippen molar-refractivity contribution in [3.8, 4) is 22.6 Å². The highest BCUT2D eigenvalue weighted by molar-refractivity contribution is 5.73. The van der Waals surface area contributed by atoms with Crippen molar-refractivity contribution < 1.29 is 9.84 Å². The van der Waals surface area contributed by atoms with Gasteiger partial charge in [0, 0.05) is 17.3 Å². The summed E-state index contributed by atoms with van der Waals surface area (Å²) in [5.74, 6) is 0.815. The third kappa shape index (κ3) is 1.93. The average Bonchev–Trinajstić information content (AvgIpc) is 2.28. The normalized spacial score (nSPS) is 10.1. The Labute approximate surface area is 94.1 Å². The number of methoxy groups -OCH3 is 1. The van der Waals surface area contributed by atoms with Crippen LogP contribution in [0.1, 0.15) is 0 Å². The van der Waals surface area contributed by atoms with Crippen molar-refractivity contribution in [2.75, 3.05) is 12.8 Å². The summed E-state index contributed by atoms with van der Waals surface area (Å²) < 4.78 is 5.02. The average molecular weight is 215 g/mol. The molecule has 0 aliphatic carbocycles. The minimum Gasteiger partial charge on any atom is -0.507 e. The first-order valence-corrected chi connectivity index (χ1v) is 4.93. The molecule has 0 heterocycles. The minimum absolute atomic E-state index is 0.185. The molecule has 0 aliphatic heterocycles. The Balaban J connectivity index is 2.48. The number of nitrogen functional groups attached to an aromatic ring is 1. The standard InChI is InChI=1S/C13H13NO2/c1-16-11-5-6-12(13(15)8-11)9-3-2-4-10(14)7-9/h2-8,15H,14H2,1H3. The van der Waals surface area contributed by atoms with Crippen molar-refractivity contribution in [3.63, 3.8) is 0 Å². The fraction of sp³-hybridized carbons (Fsp3) is 0.0769. The summed E-state index contributed by atoms with van der Waals surface area (Å²) in [7, 11) is 1.56. The van der Waals surface area contributed by atoms with Gasteiger partial charge in [-0.25, -0.2) is 0 Å². The number of phenols is 1. The molecule has 0 aromatic heterocycles. The predicted molar refractivity (Wildman–Crippen MR) is 64.5 cm³/mol. The lowest BCUT2D eigenvalue weighted by molar-refractivity contribution is 0.408. The highest BCUT2D eigenvalue weighted by Crippen LogP contribution is 2.32. The Morgan fingerprint density at radius 2 is 1.94 bits per heavy atom. The van der Waals surface area contributed by atoms with Gasteiger partial charge in [-0.1, -0.05) is 12.1 Å². The lowest BCUT2D eigenvalue weighted by Crippen LogP contribution is -1.87. The number of anilines is 1. The fourth-order valence-corrected chi connectivity index (χ4v) is 1.59. The van der Waals surface area contributed by atoms with Crippen molar-refractivity contribution in [3.05, 3.63) is 42.5 Å². The van der Waals surface area contributed by atoms with Crippen molar-refractivity contribution in [2.45, 2.75) is 0 Å². The zero-order chi connectivity index (χ0) is 11.5. The lowest BCUT2D eigenvalue weighted by atomic mass is 10.0. The third-order valence-electron chi connectivity index (χ3n) is 2.40. The molecular formula is C13H13NO2. The van der Waals surface area contributed by atoms with E-state index in [2.05, 4.69) is 0 Å². The molecule has 0 bridgehead atoms. The van der Waals surface area contributed by atoms with Crippen LogP contribution >= 0.6 is 0 Å². The van der Waals surface area contributed by atoms with E-state index in [-0.39, 0.29) is 5.75 Å². The smallest absolute Gasteiger partial charge is 0.127 e. The Bertz CT molecular complexity index is 509. The molecule has 0 unspecified atom stereocenters. The first kappa shape index (κ1) is 10.4. The van der Waals surface area contributed by atoms with E-state index in [9.17, 15) is 5.11 Å². The van der Waals surface area contributed by atoms with Crippen LogP contribution in [0, 0.1) is 0 Å². The molecule has 3 N–H and O–H groups in total. The van der Waals surface area contributed by atoms with Gasteiger partial charge in [0.05, 0.1) is 7.11 Å². The van der Waals surface area contributed by atoms with Crippen molar-refractivity contribution in [1.29, 1.82) is 0 Å². The first-order chi connectivity index (χ1) is 7.70. The van der Waals surface area contributed by atoms with Gasteiger partial charge in [0.15, 0.2) is 0 Å². The maximum atomic E-state index is 9.85. The van der Waals surface area contributed by atoms with E-state index in [1.807, 2.05) is 30.3 Å². The van der Waals surface area contributed by atoms with Crippen LogP contribution in [0.25, 0.3) is 11.1 Å². The number of hydrogen-bond acceptors (Lipinski definition) is 3. The van der Waals surface area contributed by atoms with Gasteiger partial charge in [0.1, 0.15) is 11.5 Å². The third-order valence-corrected chi connectivity index (χ3v) is 2.40. The molecule has 82 valence electrons. The summed E-state index contributed by atoms with van der Waals surface area (Å²) in [4.78, 5) is 0. The molecule has 0 amide bonds. The second-order valence-electron chi connectivity index (χ2n) is 3.51. The number of nitrogens with two attached hydrogens (primary N) is 1. The quantitative estimate of drug-likeness (QED) is 0.757. The number of benzene rings is 2. The van der Waals surface area contributed by atoms with Crippen LogP contribution in [0.4, 0.5) is 5.69 Å². The SMILES string of the molecule is COc1ccc(-c2cccc(N)c2)c(O)c1. The molecule has 16 heavy (non-hydrogen) atoms. The van der Waals surface area contributed by atoms with E-state index < -0.39 is 0 Å². The molecule has 0 radical (unpaired) electrons. The van der Waals surface area contributed by atoms with Crippen LogP contribution in [0.15, 0.2) is 42.5 Å². The van der Waals surface area contributed by atoms with Crippen LogP contribution < -0.4 is 10.5 Å². The van der Waals surface area contributed by atoms with Gasteiger partial charge in [-0.15, -0.1) is 0 Å². The highest BCUT2D eigenvalue weighted by atomic mass is 16.5. The molecule has 0 spiro atoms. The zero-order valence-corrected chi connectivity index (χ0v) is 8.97. The predicted octanol–water partition coefficient (Wildman–Crippen LogP) is 2.65. The topological polar surface area (TPSA) is 55.5 Å². The summed E-state index contributed by atoms with van der Waals surface area (Å²) in [6.07, 6.45) is 0. The Morgan fingerprint density at radius 3 is 2.56 bits per heavy atom. The van der Waals surface area contributed by atoms with Crippen LogP contribution in [-0.2, 0) is 0 Å². The molecule has 2 aromatic carbocycles. The second kappa shape index (κ2) is 4.14. The van der Waals surface area contributed by atoms with E-state index in [1.165, 1.54) is 0 Å². The molecule has 0 saturated heterocycles. The molecule has 3 heteroatoms. The number of rotatable bonds is 2. The molecule has 2 aromatic rings. The van der Waals surface area contributed by atoms with Gasteiger partial charge in [0.25, 0.3) is 0 Å². The molecule has 3 nitrogen and oxygen atoms in total. The van der Waals surface area contributed by atoms with E-state index in [4.69, 9.17) is 10.5 Å². The summed E-state index contributed by atoms with van der Waals surface area (Å²) >= 11 is 0. The molecule has 0 aliphatic rings. The summed E-state index contributed by atoms with van der Waals surface area (Å²) in [6, 6.07) is 12.6. The van der Waals surface area contributed by atoms with Gasteiger partial charge in [-0.2, -0.15) is 0 Å². The van der Waals surface area contributed by atoms with Crippen molar-refractivity contribution >= 4 is 5.69 Å². The molecule has 2 rings (SSSR count). The minimum atomic E-state index is 0.185. The summed E-state index contributed by atoms with van der Waals surface area (Å²) in [5, 5.41) is 9.85. The number of phenolic OH excluding ortho intramolecular Hbond substituents is 1. The monoisotopic (exact) mass is 215 g/mol. The molecule has 0 saturated carbocycles. The van der Waals surface area contributed by atoms with Gasteiger partial charge >= 0.3 is 0 Å². The van der Waals surface area contributed by atoms with E-state index >= 15 is 0 Å². The van der Waals surface area contributed by atoms with Crippen LogP contribution in [-0.4, -0.2) is 12.2 Å². The van der Waals surface area contributed by atoms with E-state index in [1.54, 1.807) is 19.2 Å². The fourth-order valence-electron chi connectivity index (χ4n) is 1.59. The van der Waals surface area contributed by atoms with Crippen LogP contribution in [0.3, 0.4) is 0 Å². The molecular weight excluding hydrogens is 202 g/mol. The zero-order valence-electron chi connectivity index (χ0n) is 8.97. The first-order valence-electron chi connectivity index (χ1n) is 4.93. The summed E-state index contributed by atoms with van der Waals surface area (Å²) in [6.45, 7) is 0. The Morgan fingerprint density at radius 1 is 1.12 bits per heavy atom. The number of ether oxygens (including phenoxy) is 1. The maximum Gasteiger partial charge on any atom is 0.127 e. The van der Waals surface area contributed by atoms with Crippen molar-refractivity contribution in [1.82, 2.24) is 0 Å². The maximum absolute atomic E-state index is 9.85. The molecule has 0 fully saturated rings. The number of hydrogen-bond donors (Lipinski definition) is 2. The largest absolute Gasteiger partial charge is 0.507 e.